The van der Waals surface area contributed by atoms with Crippen LogP contribution in [0.5, 0.6) is 0 Å². The molecule has 0 aromatic carbocycles. The summed E-state index contributed by atoms with van der Waals surface area (Å²) in [5.41, 5.74) is 1.56. The number of fused-ring (bicyclic) bond motifs is 2. The van der Waals surface area contributed by atoms with Gasteiger partial charge in [0.1, 0.15) is 0 Å². The average Bonchev–Trinajstić information content (AvgIpc) is 3.33. The average molecular weight is 473 g/mol. The third-order valence-corrected chi connectivity index (χ3v) is 13.2. The molecular weight excluding hydrogens is 424 g/mol. The molecule has 4 nitrogen and oxygen atoms in total. The fourth-order valence-electron chi connectivity index (χ4n) is 11.2. The minimum absolute atomic E-state index is 0.206. The van der Waals surface area contributed by atoms with Gasteiger partial charge in [-0.15, -0.1) is 0 Å². The summed E-state index contributed by atoms with van der Waals surface area (Å²) in [6.07, 6.45) is 12.4. The monoisotopic (exact) mass is 472 g/mol. The SMILES string of the molecule is C/C(=C\CC[C@@H](C)[C@H]1CC[C@@]2(C)[C@@H]3CC[C@H]4C(C)(C)[C@H](O)[C@H](O)C[C@@]45C[C@@]35CC[C@]12C)C(=O)O. The van der Waals surface area contributed by atoms with Crippen LogP contribution in [-0.4, -0.2) is 33.5 Å². The normalized spacial score (nSPS) is 52.1. The van der Waals surface area contributed by atoms with Crippen molar-refractivity contribution in [2.75, 3.05) is 0 Å². The van der Waals surface area contributed by atoms with Crippen molar-refractivity contribution in [2.24, 2.45) is 50.7 Å². The van der Waals surface area contributed by atoms with E-state index < -0.39 is 18.2 Å². The predicted octanol–water partition coefficient (Wildman–Crippen LogP) is 6.20. The molecule has 3 N–H and O–H groups in total. The number of aliphatic carboxylic acids is 1. The third-order valence-electron chi connectivity index (χ3n) is 13.2. The van der Waals surface area contributed by atoms with Crippen molar-refractivity contribution in [3.63, 3.8) is 0 Å². The number of carboxylic acids is 1. The van der Waals surface area contributed by atoms with Gasteiger partial charge in [-0.3, -0.25) is 0 Å². The molecule has 34 heavy (non-hydrogen) atoms. The van der Waals surface area contributed by atoms with Crippen LogP contribution < -0.4 is 0 Å². The second-order valence-electron chi connectivity index (χ2n) is 14.4. The van der Waals surface area contributed by atoms with E-state index in [0.29, 0.717) is 39.6 Å². The summed E-state index contributed by atoms with van der Waals surface area (Å²) in [5.74, 6) is 1.77. The Balaban J connectivity index is 1.38. The van der Waals surface area contributed by atoms with Gasteiger partial charge in [0, 0.05) is 5.57 Å². The van der Waals surface area contributed by atoms with E-state index in [-0.39, 0.29) is 10.8 Å². The van der Waals surface area contributed by atoms with E-state index in [0.717, 1.165) is 25.2 Å². The molecule has 5 fully saturated rings. The lowest BCUT2D eigenvalue weighted by molar-refractivity contribution is -0.191. The summed E-state index contributed by atoms with van der Waals surface area (Å²) in [6.45, 7) is 13.7. The van der Waals surface area contributed by atoms with Crippen molar-refractivity contribution >= 4 is 5.97 Å². The molecule has 0 saturated heterocycles. The number of hydrogen-bond acceptors (Lipinski definition) is 3. The molecule has 5 saturated carbocycles. The van der Waals surface area contributed by atoms with E-state index >= 15 is 0 Å². The van der Waals surface area contributed by atoms with E-state index in [1.54, 1.807) is 6.92 Å². The lowest BCUT2D eigenvalue weighted by Crippen LogP contribution is -2.60. The fourth-order valence-corrected chi connectivity index (χ4v) is 11.2. The summed E-state index contributed by atoms with van der Waals surface area (Å²) in [7, 11) is 0. The minimum atomic E-state index is -0.803. The Morgan fingerprint density at radius 1 is 0.971 bits per heavy atom. The molecule has 4 heteroatoms. The molecule has 10 atom stereocenters. The second kappa shape index (κ2) is 7.57. The highest BCUT2D eigenvalue weighted by molar-refractivity contribution is 5.85. The van der Waals surface area contributed by atoms with Gasteiger partial charge in [-0.25, -0.2) is 4.79 Å². The van der Waals surface area contributed by atoms with Gasteiger partial charge in [-0.1, -0.05) is 40.7 Å². The first-order chi connectivity index (χ1) is 15.8. The van der Waals surface area contributed by atoms with Crippen LogP contribution in [0.2, 0.25) is 0 Å². The number of hydrogen-bond donors (Lipinski definition) is 3. The molecule has 0 bridgehead atoms. The zero-order valence-corrected chi connectivity index (χ0v) is 22.4. The van der Waals surface area contributed by atoms with Crippen molar-refractivity contribution in [2.45, 2.75) is 118 Å². The van der Waals surface area contributed by atoms with Crippen molar-refractivity contribution < 1.29 is 20.1 Å². The molecule has 0 unspecified atom stereocenters. The van der Waals surface area contributed by atoms with Crippen LogP contribution in [0.3, 0.4) is 0 Å². The van der Waals surface area contributed by atoms with Gasteiger partial charge in [0.15, 0.2) is 0 Å². The van der Waals surface area contributed by atoms with Gasteiger partial charge in [-0.05, 0) is 122 Å². The van der Waals surface area contributed by atoms with Crippen LogP contribution in [0.15, 0.2) is 11.6 Å². The minimum Gasteiger partial charge on any atom is -0.478 e. The molecule has 5 aliphatic carbocycles. The predicted molar refractivity (Wildman–Crippen MR) is 134 cm³/mol. The Labute approximate surface area is 206 Å². The van der Waals surface area contributed by atoms with Crippen LogP contribution in [-0.2, 0) is 4.79 Å². The second-order valence-corrected chi connectivity index (χ2v) is 14.4. The van der Waals surface area contributed by atoms with Crippen molar-refractivity contribution in [1.29, 1.82) is 0 Å². The zero-order valence-electron chi connectivity index (χ0n) is 22.4. The lowest BCUT2D eigenvalue weighted by Gasteiger charge is -2.63. The molecule has 2 spiro atoms. The largest absolute Gasteiger partial charge is 0.478 e. The summed E-state index contributed by atoms with van der Waals surface area (Å²) < 4.78 is 0. The van der Waals surface area contributed by atoms with Crippen LogP contribution in [0.1, 0.15) is 106 Å². The molecule has 192 valence electrons. The number of rotatable bonds is 5. The van der Waals surface area contributed by atoms with Gasteiger partial charge in [0.05, 0.1) is 12.2 Å². The van der Waals surface area contributed by atoms with E-state index in [4.69, 9.17) is 0 Å². The Kier molecular flexibility index (Phi) is 5.52. The van der Waals surface area contributed by atoms with Crippen LogP contribution in [0.25, 0.3) is 0 Å². The van der Waals surface area contributed by atoms with Crippen molar-refractivity contribution in [3.05, 3.63) is 11.6 Å². The summed E-state index contributed by atoms with van der Waals surface area (Å²) in [4.78, 5) is 11.2. The summed E-state index contributed by atoms with van der Waals surface area (Å²) in [5, 5.41) is 30.9. The first-order valence-corrected chi connectivity index (χ1v) is 14.0. The van der Waals surface area contributed by atoms with E-state index in [2.05, 4.69) is 34.6 Å². The first-order valence-electron chi connectivity index (χ1n) is 14.0. The third kappa shape index (κ3) is 2.93. The Bertz CT molecular complexity index is 892. The highest BCUT2D eigenvalue weighted by atomic mass is 16.4. The lowest BCUT2D eigenvalue weighted by atomic mass is 9.41. The van der Waals surface area contributed by atoms with Crippen molar-refractivity contribution in [3.8, 4) is 0 Å². The Morgan fingerprint density at radius 2 is 1.65 bits per heavy atom. The highest BCUT2D eigenvalue weighted by Crippen LogP contribution is 2.89. The maximum atomic E-state index is 11.2. The van der Waals surface area contributed by atoms with Crippen LogP contribution in [0.4, 0.5) is 0 Å². The topological polar surface area (TPSA) is 77.8 Å². The molecule has 0 radical (unpaired) electrons. The molecule has 0 heterocycles. The van der Waals surface area contributed by atoms with E-state index in [1.807, 2.05) is 6.08 Å². The Hall–Kier alpha value is -0.870. The maximum absolute atomic E-state index is 11.2. The molecule has 5 aliphatic rings. The maximum Gasteiger partial charge on any atom is 0.330 e. The van der Waals surface area contributed by atoms with Crippen LogP contribution >= 0.6 is 0 Å². The van der Waals surface area contributed by atoms with Gasteiger partial charge < -0.3 is 15.3 Å². The number of aliphatic hydroxyl groups excluding tert-OH is 2. The first kappa shape index (κ1) is 24.8. The van der Waals surface area contributed by atoms with Gasteiger partial charge in [-0.2, -0.15) is 0 Å². The Morgan fingerprint density at radius 3 is 2.32 bits per heavy atom. The molecule has 0 aliphatic heterocycles. The fraction of sp³-hybridized carbons (Fsp3) is 0.900. The highest BCUT2D eigenvalue weighted by Gasteiger charge is 2.82. The molecular formula is C30H48O4. The molecule has 5 rings (SSSR count). The van der Waals surface area contributed by atoms with Gasteiger partial charge in [0.2, 0.25) is 0 Å². The van der Waals surface area contributed by atoms with Crippen LogP contribution in [0, 0.1) is 50.7 Å². The van der Waals surface area contributed by atoms with Crippen molar-refractivity contribution in [1.82, 2.24) is 0 Å². The van der Waals surface area contributed by atoms with Gasteiger partial charge >= 0.3 is 5.97 Å². The standard InChI is InChI=1S/C30H48O4/c1-18(8-7-9-19(2)25(33)34)20-12-13-28(6)23-11-10-22-26(3,4)24(32)21(31)16-30(22)17-29(23,30)15-14-27(20,28)5/h9,18,20-24,31-32H,7-8,10-17H2,1-6H3,(H,33,34)/b19-9+/t18-,20-,21-,22+,23+,24-,27-,28+,29+,30-/m1/s1. The smallest absolute Gasteiger partial charge is 0.330 e. The number of carboxylic acid groups (broad SMARTS) is 1. The number of allylic oxidation sites excluding steroid dienone is 1. The number of carbonyl (C=O) groups is 1. The molecule has 0 aromatic heterocycles. The zero-order chi connectivity index (χ0) is 24.9. The quantitative estimate of drug-likeness (QED) is 0.416. The summed E-state index contributed by atoms with van der Waals surface area (Å²) >= 11 is 0. The summed E-state index contributed by atoms with van der Waals surface area (Å²) in [6, 6.07) is 0. The molecule has 0 amide bonds. The number of aliphatic hydroxyl groups is 2. The van der Waals surface area contributed by atoms with Gasteiger partial charge in [0.25, 0.3) is 0 Å². The molecule has 0 aromatic rings. The van der Waals surface area contributed by atoms with E-state index in [9.17, 15) is 20.1 Å². The van der Waals surface area contributed by atoms with E-state index in [1.165, 1.54) is 44.9 Å².